The van der Waals surface area contributed by atoms with E-state index in [0.29, 0.717) is 6.54 Å². The van der Waals surface area contributed by atoms with Gasteiger partial charge < -0.3 is 15.0 Å². The molecular formula is C16H22N2O2. The Morgan fingerprint density at radius 3 is 2.65 bits per heavy atom. The molecule has 0 unspecified atom stereocenters. The molecule has 2 rings (SSSR count). The van der Waals surface area contributed by atoms with Crippen molar-refractivity contribution in [3.05, 3.63) is 36.0 Å². The van der Waals surface area contributed by atoms with Crippen molar-refractivity contribution in [2.24, 2.45) is 5.92 Å². The van der Waals surface area contributed by atoms with Crippen molar-refractivity contribution < 1.29 is 9.90 Å². The second kappa shape index (κ2) is 6.09. The van der Waals surface area contributed by atoms with Crippen molar-refractivity contribution in [1.29, 1.82) is 0 Å². The number of rotatable bonds is 6. The van der Waals surface area contributed by atoms with Gasteiger partial charge in [0.25, 0.3) is 0 Å². The number of nitrogens with one attached hydrogen (secondary N) is 1. The molecule has 108 valence electrons. The topological polar surface area (TPSA) is 54.3 Å². The summed E-state index contributed by atoms with van der Waals surface area (Å²) in [6, 6.07) is 7.71. The molecule has 1 aromatic carbocycles. The quantitative estimate of drug-likeness (QED) is 0.851. The van der Waals surface area contributed by atoms with E-state index in [4.69, 9.17) is 0 Å². The zero-order valence-electron chi connectivity index (χ0n) is 12.3. The lowest BCUT2D eigenvalue weighted by Crippen LogP contribution is -2.40. The number of carboxylic acid groups (broad SMARTS) is 1. The van der Waals surface area contributed by atoms with Gasteiger partial charge in [0.15, 0.2) is 0 Å². The van der Waals surface area contributed by atoms with Gasteiger partial charge in [-0.2, -0.15) is 0 Å². The number of hydrogen-bond donors (Lipinski definition) is 2. The van der Waals surface area contributed by atoms with Crippen LogP contribution in [-0.4, -0.2) is 21.7 Å². The molecule has 0 aliphatic heterocycles. The summed E-state index contributed by atoms with van der Waals surface area (Å²) < 4.78 is 2.19. The molecule has 0 saturated heterocycles. The molecular weight excluding hydrogens is 252 g/mol. The van der Waals surface area contributed by atoms with Crippen LogP contribution in [-0.2, 0) is 17.9 Å². The molecule has 4 heteroatoms. The minimum Gasteiger partial charge on any atom is -0.480 e. The molecule has 1 heterocycles. The zero-order valence-corrected chi connectivity index (χ0v) is 12.3. The second-order valence-corrected chi connectivity index (χ2v) is 5.40. The summed E-state index contributed by atoms with van der Waals surface area (Å²) in [6.45, 7) is 7.43. The van der Waals surface area contributed by atoms with Crippen LogP contribution >= 0.6 is 0 Å². The Morgan fingerprint density at radius 2 is 2.05 bits per heavy atom. The van der Waals surface area contributed by atoms with Crippen LogP contribution in [0.5, 0.6) is 0 Å². The monoisotopic (exact) mass is 274 g/mol. The van der Waals surface area contributed by atoms with Gasteiger partial charge >= 0.3 is 5.97 Å². The first kappa shape index (κ1) is 14.6. The van der Waals surface area contributed by atoms with Gasteiger partial charge in [-0.15, -0.1) is 0 Å². The fourth-order valence-electron chi connectivity index (χ4n) is 2.55. The molecule has 0 aliphatic carbocycles. The Kier molecular flexibility index (Phi) is 4.45. The number of aliphatic carboxylic acids is 1. The highest BCUT2D eigenvalue weighted by Crippen LogP contribution is 2.21. The van der Waals surface area contributed by atoms with Gasteiger partial charge in [0.2, 0.25) is 0 Å². The number of para-hydroxylation sites is 1. The standard InChI is InChI=1S/C16H22N2O2/c1-4-18-10-12(13-7-5-6-8-14(13)18)9-17-15(11(2)3)16(19)20/h5-8,10-11,15,17H,4,9H2,1-3H3,(H,19,20)/t15-/m0/s1. The molecule has 0 saturated carbocycles. The number of fused-ring (bicyclic) bond motifs is 1. The summed E-state index contributed by atoms with van der Waals surface area (Å²) in [5.74, 6) is -0.730. The van der Waals surface area contributed by atoms with Gasteiger partial charge in [-0.1, -0.05) is 32.0 Å². The number of carbonyl (C=O) groups is 1. The van der Waals surface area contributed by atoms with Gasteiger partial charge in [0.05, 0.1) is 0 Å². The van der Waals surface area contributed by atoms with Crippen LogP contribution in [0.3, 0.4) is 0 Å². The Morgan fingerprint density at radius 1 is 1.35 bits per heavy atom. The SMILES string of the molecule is CCn1cc(CN[C@H](C(=O)O)C(C)C)c2ccccc21. The van der Waals surface area contributed by atoms with E-state index in [1.54, 1.807) is 0 Å². The predicted octanol–water partition coefficient (Wildman–Crippen LogP) is 2.86. The van der Waals surface area contributed by atoms with E-state index >= 15 is 0 Å². The Balaban J connectivity index is 2.24. The highest BCUT2D eigenvalue weighted by atomic mass is 16.4. The largest absolute Gasteiger partial charge is 0.480 e. The van der Waals surface area contributed by atoms with Crippen LogP contribution in [0.2, 0.25) is 0 Å². The van der Waals surface area contributed by atoms with Crippen molar-refractivity contribution >= 4 is 16.9 Å². The van der Waals surface area contributed by atoms with Crippen LogP contribution in [0.4, 0.5) is 0 Å². The molecule has 0 amide bonds. The van der Waals surface area contributed by atoms with Crippen molar-refractivity contribution in [2.75, 3.05) is 0 Å². The number of aryl methyl sites for hydroxylation is 1. The molecule has 0 aliphatic rings. The number of benzene rings is 1. The number of aromatic nitrogens is 1. The molecule has 20 heavy (non-hydrogen) atoms. The average molecular weight is 274 g/mol. The van der Waals surface area contributed by atoms with E-state index < -0.39 is 12.0 Å². The van der Waals surface area contributed by atoms with E-state index in [-0.39, 0.29) is 5.92 Å². The normalized spacial score (nSPS) is 13.0. The van der Waals surface area contributed by atoms with Crippen molar-refractivity contribution in [3.8, 4) is 0 Å². The lowest BCUT2D eigenvalue weighted by Gasteiger charge is -2.17. The molecule has 2 aromatic rings. The summed E-state index contributed by atoms with van der Waals surface area (Å²) in [5, 5.41) is 13.6. The van der Waals surface area contributed by atoms with Gasteiger partial charge in [-0.05, 0) is 24.5 Å². The van der Waals surface area contributed by atoms with E-state index in [9.17, 15) is 9.90 Å². The highest BCUT2D eigenvalue weighted by molar-refractivity contribution is 5.84. The molecule has 0 fully saturated rings. The second-order valence-electron chi connectivity index (χ2n) is 5.40. The van der Waals surface area contributed by atoms with Gasteiger partial charge in [-0.3, -0.25) is 4.79 Å². The van der Waals surface area contributed by atoms with Crippen molar-refractivity contribution in [2.45, 2.75) is 39.9 Å². The van der Waals surface area contributed by atoms with Crippen LogP contribution in [0.1, 0.15) is 26.3 Å². The third-order valence-electron chi connectivity index (χ3n) is 3.66. The Bertz CT molecular complexity index is 602. The lowest BCUT2D eigenvalue weighted by molar-refractivity contribution is -0.140. The number of nitrogens with zero attached hydrogens (tertiary/aromatic N) is 1. The van der Waals surface area contributed by atoms with E-state index in [2.05, 4.69) is 35.1 Å². The summed E-state index contributed by atoms with van der Waals surface area (Å²) in [6.07, 6.45) is 2.11. The molecule has 0 spiro atoms. The fourth-order valence-corrected chi connectivity index (χ4v) is 2.55. The Labute approximate surface area is 119 Å². The minimum absolute atomic E-state index is 0.0621. The summed E-state index contributed by atoms with van der Waals surface area (Å²) in [5.41, 5.74) is 2.34. The fraction of sp³-hybridized carbons (Fsp3) is 0.438. The minimum atomic E-state index is -0.792. The maximum absolute atomic E-state index is 11.2. The molecule has 0 radical (unpaired) electrons. The van der Waals surface area contributed by atoms with Crippen LogP contribution in [0.15, 0.2) is 30.5 Å². The molecule has 2 N–H and O–H groups in total. The highest BCUT2D eigenvalue weighted by Gasteiger charge is 2.21. The predicted molar refractivity (Wildman–Crippen MR) is 80.7 cm³/mol. The third-order valence-corrected chi connectivity index (χ3v) is 3.66. The lowest BCUT2D eigenvalue weighted by atomic mass is 10.0. The number of carboxylic acids is 1. The maximum Gasteiger partial charge on any atom is 0.320 e. The van der Waals surface area contributed by atoms with E-state index in [0.717, 1.165) is 12.1 Å². The van der Waals surface area contributed by atoms with Crippen molar-refractivity contribution in [3.63, 3.8) is 0 Å². The Hall–Kier alpha value is -1.81. The summed E-state index contributed by atoms with van der Waals surface area (Å²) in [4.78, 5) is 11.2. The first-order chi connectivity index (χ1) is 9.54. The van der Waals surface area contributed by atoms with Crippen LogP contribution in [0, 0.1) is 5.92 Å². The molecule has 1 atom stereocenters. The van der Waals surface area contributed by atoms with Gasteiger partial charge in [0, 0.05) is 30.2 Å². The van der Waals surface area contributed by atoms with Crippen molar-refractivity contribution in [1.82, 2.24) is 9.88 Å². The van der Waals surface area contributed by atoms with Gasteiger partial charge in [-0.25, -0.2) is 0 Å². The summed E-state index contributed by atoms with van der Waals surface area (Å²) >= 11 is 0. The third kappa shape index (κ3) is 2.85. The first-order valence-electron chi connectivity index (χ1n) is 7.07. The number of hydrogen-bond acceptors (Lipinski definition) is 2. The molecule has 1 aromatic heterocycles. The average Bonchev–Trinajstić information content (AvgIpc) is 2.77. The van der Waals surface area contributed by atoms with Crippen LogP contribution in [0.25, 0.3) is 10.9 Å². The first-order valence-corrected chi connectivity index (χ1v) is 7.07. The maximum atomic E-state index is 11.2. The van der Waals surface area contributed by atoms with E-state index in [1.807, 2.05) is 26.0 Å². The molecule has 0 bridgehead atoms. The molecule has 4 nitrogen and oxygen atoms in total. The van der Waals surface area contributed by atoms with Crippen LogP contribution < -0.4 is 5.32 Å². The smallest absolute Gasteiger partial charge is 0.320 e. The summed E-state index contributed by atoms with van der Waals surface area (Å²) in [7, 11) is 0. The zero-order chi connectivity index (χ0) is 14.7. The van der Waals surface area contributed by atoms with E-state index in [1.165, 1.54) is 10.9 Å². The van der Waals surface area contributed by atoms with Gasteiger partial charge in [0.1, 0.15) is 6.04 Å².